The zero-order valence-electron chi connectivity index (χ0n) is 13.9. The molecule has 1 aliphatic rings. The van der Waals surface area contributed by atoms with E-state index in [9.17, 15) is 4.79 Å². The van der Waals surface area contributed by atoms with Gasteiger partial charge >= 0.3 is 6.03 Å². The Morgan fingerprint density at radius 3 is 2.71 bits per heavy atom. The maximum atomic E-state index is 12.2. The molecule has 24 heavy (non-hydrogen) atoms. The van der Waals surface area contributed by atoms with Gasteiger partial charge in [0, 0.05) is 17.8 Å². The van der Waals surface area contributed by atoms with Crippen LogP contribution in [0.4, 0.5) is 10.6 Å². The van der Waals surface area contributed by atoms with Crippen LogP contribution in [0.5, 0.6) is 0 Å². The highest BCUT2D eigenvalue weighted by molar-refractivity contribution is 6.32. The third kappa shape index (κ3) is 3.88. The fourth-order valence-electron chi connectivity index (χ4n) is 2.89. The van der Waals surface area contributed by atoms with Crippen molar-refractivity contribution in [1.82, 2.24) is 20.0 Å². The summed E-state index contributed by atoms with van der Waals surface area (Å²) in [5, 5.41) is 10.9. The Labute approximate surface area is 146 Å². The lowest BCUT2D eigenvalue weighted by molar-refractivity contribution is 0.221. The number of carbonyl (C=O) groups is 1. The Bertz CT molecular complexity index is 722. The highest BCUT2D eigenvalue weighted by Crippen LogP contribution is 2.22. The van der Waals surface area contributed by atoms with Crippen LogP contribution in [0.2, 0.25) is 5.02 Å². The van der Waals surface area contributed by atoms with Gasteiger partial charge in [-0.05, 0) is 52.0 Å². The van der Waals surface area contributed by atoms with E-state index in [4.69, 9.17) is 11.6 Å². The van der Waals surface area contributed by atoms with Crippen molar-refractivity contribution in [3.8, 4) is 5.69 Å². The molecule has 3 rings (SSSR count). The van der Waals surface area contributed by atoms with E-state index in [1.54, 1.807) is 4.68 Å². The second-order valence-electron chi connectivity index (χ2n) is 6.21. The predicted molar refractivity (Wildman–Crippen MR) is 96.0 cm³/mol. The van der Waals surface area contributed by atoms with Crippen molar-refractivity contribution in [2.75, 3.05) is 25.5 Å². The normalized spacial score (nSPS) is 16.1. The molecule has 1 saturated heterocycles. The van der Waals surface area contributed by atoms with Crippen LogP contribution in [0.25, 0.3) is 5.69 Å². The first-order valence-electron chi connectivity index (χ1n) is 8.10. The minimum atomic E-state index is -0.214. The zero-order valence-corrected chi connectivity index (χ0v) is 14.7. The number of hydrogen-bond donors (Lipinski definition) is 2. The number of hydrogen-bond acceptors (Lipinski definition) is 3. The monoisotopic (exact) mass is 347 g/mol. The number of anilines is 1. The number of aromatic nitrogens is 2. The second-order valence-corrected chi connectivity index (χ2v) is 6.62. The van der Waals surface area contributed by atoms with Gasteiger partial charge in [0.1, 0.15) is 0 Å². The fourth-order valence-corrected chi connectivity index (χ4v) is 3.11. The Morgan fingerprint density at radius 2 is 2.00 bits per heavy atom. The molecule has 1 aromatic carbocycles. The predicted octanol–water partition coefficient (Wildman–Crippen LogP) is 3.05. The van der Waals surface area contributed by atoms with Gasteiger partial charge in [-0.3, -0.25) is 5.32 Å². The van der Waals surface area contributed by atoms with Gasteiger partial charge in [-0.2, -0.15) is 0 Å². The molecule has 1 fully saturated rings. The van der Waals surface area contributed by atoms with Gasteiger partial charge in [-0.25, -0.2) is 9.48 Å². The zero-order chi connectivity index (χ0) is 17.1. The van der Waals surface area contributed by atoms with Gasteiger partial charge in [-0.1, -0.05) is 23.7 Å². The number of halogens is 1. The minimum absolute atomic E-state index is 0.214. The van der Waals surface area contributed by atoms with Crippen LogP contribution in [-0.4, -0.2) is 46.9 Å². The second kappa shape index (κ2) is 7.23. The first-order chi connectivity index (χ1) is 11.5. The van der Waals surface area contributed by atoms with Gasteiger partial charge in [0.15, 0.2) is 5.82 Å². The molecular weight excluding hydrogens is 326 g/mol. The first-order valence-corrected chi connectivity index (χ1v) is 8.48. The third-order valence-electron chi connectivity index (χ3n) is 4.26. The number of urea groups is 1. The van der Waals surface area contributed by atoms with Crippen LogP contribution >= 0.6 is 11.6 Å². The fraction of sp³-hybridized carbons (Fsp3) is 0.412. The SMILES string of the molecule is Cc1cc(NC(=O)NC2CCN(C)CC2)nn1-c1ccccc1Cl. The largest absolute Gasteiger partial charge is 0.335 e. The maximum absolute atomic E-state index is 12.2. The van der Waals surface area contributed by atoms with E-state index in [1.165, 1.54) is 0 Å². The molecule has 0 atom stereocenters. The number of para-hydroxylation sites is 1. The molecule has 128 valence electrons. The molecule has 7 heteroatoms. The highest BCUT2D eigenvalue weighted by atomic mass is 35.5. The van der Waals surface area contributed by atoms with Gasteiger partial charge in [0.25, 0.3) is 0 Å². The average Bonchev–Trinajstić information content (AvgIpc) is 2.90. The number of benzene rings is 1. The van der Waals surface area contributed by atoms with Crippen molar-refractivity contribution >= 4 is 23.4 Å². The van der Waals surface area contributed by atoms with Crippen LogP contribution in [0, 0.1) is 6.92 Å². The van der Waals surface area contributed by atoms with Crippen LogP contribution < -0.4 is 10.6 Å². The highest BCUT2D eigenvalue weighted by Gasteiger charge is 2.19. The first kappa shape index (κ1) is 16.8. The van der Waals surface area contributed by atoms with E-state index in [0.717, 1.165) is 37.3 Å². The molecule has 2 heterocycles. The van der Waals surface area contributed by atoms with Gasteiger partial charge in [0.2, 0.25) is 0 Å². The molecule has 0 aliphatic carbocycles. The van der Waals surface area contributed by atoms with Gasteiger partial charge in [-0.15, -0.1) is 5.10 Å². The van der Waals surface area contributed by atoms with Gasteiger partial charge in [0.05, 0.1) is 10.7 Å². The molecule has 0 radical (unpaired) electrons. The lowest BCUT2D eigenvalue weighted by Crippen LogP contribution is -2.44. The number of carbonyl (C=O) groups excluding carboxylic acids is 1. The van der Waals surface area contributed by atoms with E-state index in [1.807, 2.05) is 37.3 Å². The van der Waals surface area contributed by atoms with Crippen molar-refractivity contribution < 1.29 is 4.79 Å². The number of nitrogens with one attached hydrogen (secondary N) is 2. The van der Waals surface area contributed by atoms with E-state index in [2.05, 4.69) is 27.7 Å². The molecule has 6 nitrogen and oxygen atoms in total. The van der Waals surface area contributed by atoms with Gasteiger partial charge < -0.3 is 10.2 Å². The van der Waals surface area contributed by atoms with E-state index in [0.29, 0.717) is 10.8 Å². The van der Waals surface area contributed by atoms with Crippen LogP contribution in [-0.2, 0) is 0 Å². The summed E-state index contributed by atoms with van der Waals surface area (Å²) in [5.41, 5.74) is 1.69. The number of likely N-dealkylation sites (tertiary alicyclic amines) is 1. The standard InChI is InChI=1S/C17H22ClN5O/c1-12-11-16(21-23(12)15-6-4-3-5-14(15)18)20-17(24)19-13-7-9-22(2)10-8-13/h3-6,11,13H,7-10H2,1-2H3,(H2,19,20,21,24). The van der Waals surface area contributed by atoms with Crippen LogP contribution in [0.15, 0.2) is 30.3 Å². The van der Waals surface area contributed by atoms with Crippen molar-refractivity contribution in [2.45, 2.75) is 25.8 Å². The quantitative estimate of drug-likeness (QED) is 0.897. The average molecular weight is 348 g/mol. The minimum Gasteiger partial charge on any atom is -0.335 e. The van der Waals surface area contributed by atoms with E-state index < -0.39 is 0 Å². The molecule has 2 N–H and O–H groups in total. The number of rotatable bonds is 3. The maximum Gasteiger partial charge on any atom is 0.320 e. The van der Waals surface area contributed by atoms with E-state index in [-0.39, 0.29) is 12.1 Å². The Hall–Kier alpha value is -2.05. The number of amides is 2. The van der Waals surface area contributed by atoms with Crippen molar-refractivity contribution in [3.63, 3.8) is 0 Å². The molecule has 1 aliphatic heterocycles. The molecule has 0 saturated carbocycles. The molecule has 2 aromatic rings. The van der Waals surface area contributed by atoms with Crippen LogP contribution in [0.3, 0.4) is 0 Å². The number of nitrogens with zero attached hydrogens (tertiary/aromatic N) is 3. The summed E-state index contributed by atoms with van der Waals surface area (Å²) in [7, 11) is 2.10. The summed E-state index contributed by atoms with van der Waals surface area (Å²) in [6.45, 7) is 3.94. The number of aryl methyl sites for hydroxylation is 1. The molecule has 0 bridgehead atoms. The van der Waals surface area contributed by atoms with Crippen molar-refractivity contribution in [2.24, 2.45) is 0 Å². The Balaban J connectivity index is 1.65. The topological polar surface area (TPSA) is 62.2 Å². The van der Waals surface area contributed by atoms with E-state index >= 15 is 0 Å². The lowest BCUT2D eigenvalue weighted by atomic mass is 10.1. The summed E-state index contributed by atoms with van der Waals surface area (Å²) in [6.07, 6.45) is 1.94. The molecule has 0 spiro atoms. The molecule has 1 aromatic heterocycles. The summed E-state index contributed by atoms with van der Waals surface area (Å²) < 4.78 is 1.73. The summed E-state index contributed by atoms with van der Waals surface area (Å²) in [5.74, 6) is 0.512. The summed E-state index contributed by atoms with van der Waals surface area (Å²) in [6, 6.07) is 9.32. The lowest BCUT2D eigenvalue weighted by Gasteiger charge is -2.29. The third-order valence-corrected chi connectivity index (χ3v) is 4.58. The van der Waals surface area contributed by atoms with Crippen LogP contribution in [0.1, 0.15) is 18.5 Å². The Kier molecular flexibility index (Phi) is 5.06. The molecule has 2 amide bonds. The molecule has 0 unspecified atom stereocenters. The number of piperidine rings is 1. The Morgan fingerprint density at radius 1 is 1.29 bits per heavy atom. The summed E-state index contributed by atoms with van der Waals surface area (Å²) >= 11 is 6.22. The molecular formula is C17H22ClN5O. The van der Waals surface area contributed by atoms with Crippen molar-refractivity contribution in [3.05, 3.63) is 41.0 Å². The van der Waals surface area contributed by atoms with Crippen molar-refractivity contribution in [1.29, 1.82) is 0 Å². The smallest absolute Gasteiger partial charge is 0.320 e. The summed E-state index contributed by atoms with van der Waals surface area (Å²) in [4.78, 5) is 14.4.